The van der Waals surface area contributed by atoms with Crippen LogP contribution in [0.25, 0.3) is 0 Å². The number of nitriles is 1. The summed E-state index contributed by atoms with van der Waals surface area (Å²) in [5, 5.41) is 10.3. The van der Waals surface area contributed by atoms with E-state index >= 15 is 0 Å². The highest BCUT2D eigenvalue weighted by molar-refractivity contribution is 5.37. The van der Waals surface area contributed by atoms with Crippen LogP contribution in [0.4, 0.5) is 13.2 Å². The average molecular weight is 443 g/mol. The maximum Gasteiger partial charge on any atom is 0.416 e. The van der Waals surface area contributed by atoms with Gasteiger partial charge in [0.05, 0.1) is 17.0 Å². The van der Waals surface area contributed by atoms with Crippen molar-refractivity contribution >= 4 is 0 Å². The Morgan fingerprint density at radius 3 is 2.12 bits per heavy atom. The fraction of sp³-hybridized carbons (Fsp3) is 0.519. The Kier molecular flexibility index (Phi) is 8.37. The molecule has 1 aliphatic carbocycles. The van der Waals surface area contributed by atoms with E-state index in [1.54, 1.807) is 0 Å². The zero-order valence-corrected chi connectivity index (χ0v) is 18.9. The first-order valence-corrected chi connectivity index (χ1v) is 11.7. The molecule has 172 valence electrons. The van der Waals surface area contributed by atoms with Crippen LogP contribution in [0.15, 0.2) is 54.6 Å². The van der Waals surface area contributed by atoms with E-state index < -0.39 is 17.2 Å². The van der Waals surface area contributed by atoms with Gasteiger partial charge in [0.15, 0.2) is 0 Å². The van der Waals surface area contributed by atoms with Gasteiger partial charge in [-0.3, -0.25) is 0 Å². The number of nitrogens with zero attached hydrogens (tertiary/aromatic N) is 2. The quantitative estimate of drug-likeness (QED) is 0.396. The molecule has 2 nitrogen and oxygen atoms in total. The molecule has 32 heavy (non-hydrogen) atoms. The number of halogens is 3. The molecule has 1 saturated carbocycles. The maximum atomic E-state index is 13.1. The van der Waals surface area contributed by atoms with Gasteiger partial charge in [0.2, 0.25) is 0 Å². The Morgan fingerprint density at radius 2 is 1.56 bits per heavy atom. The van der Waals surface area contributed by atoms with Crippen molar-refractivity contribution in [3.8, 4) is 6.07 Å². The highest BCUT2D eigenvalue weighted by atomic mass is 19.4. The van der Waals surface area contributed by atoms with Crippen LogP contribution >= 0.6 is 0 Å². The van der Waals surface area contributed by atoms with Gasteiger partial charge < -0.3 is 4.90 Å². The maximum absolute atomic E-state index is 13.1. The standard InChI is InChI=1S/C27H33F3N2/c1-2-32(20-17-22-9-4-3-5-10-22)19-8-18-26(21-31,23-11-6-7-12-23)24-13-15-25(16-14-24)27(28,29)30/h3-5,9-10,13-16,23H,2,6-8,11-12,17-20H2,1H3. The average Bonchev–Trinajstić information content (AvgIpc) is 3.35. The monoisotopic (exact) mass is 442 g/mol. The molecule has 5 heteroatoms. The predicted molar refractivity (Wildman–Crippen MR) is 122 cm³/mol. The lowest BCUT2D eigenvalue weighted by Crippen LogP contribution is -2.35. The zero-order chi connectivity index (χ0) is 23.0. The largest absolute Gasteiger partial charge is 0.416 e. The highest BCUT2D eigenvalue weighted by Crippen LogP contribution is 2.45. The van der Waals surface area contributed by atoms with Gasteiger partial charge in [-0.1, -0.05) is 62.2 Å². The topological polar surface area (TPSA) is 27.0 Å². The van der Waals surface area contributed by atoms with Gasteiger partial charge in [0, 0.05) is 6.54 Å². The van der Waals surface area contributed by atoms with Crippen molar-refractivity contribution in [1.29, 1.82) is 5.26 Å². The van der Waals surface area contributed by atoms with Crippen molar-refractivity contribution in [2.24, 2.45) is 5.92 Å². The van der Waals surface area contributed by atoms with Crippen LogP contribution in [-0.2, 0) is 18.0 Å². The summed E-state index contributed by atoms with van der Waals surface area (Å²) in [4.78, 5) is 2.40. The van der Waals surface area contributed by atoms with E-state index in [-0.39, 0.29) is 5.92 Å². The molecule has 0 bridgehead atoms. The van der Waals surface area contributed by atoms with Crippen molar-refractivity contribution in [2.45, 2.75) is 63.5 Å². The highest BCUT2D eigenvalue weighted by Gasteiger charge is 2.42. The number of hydrogen-bond donors (Lipinski definition) is 0. The van der Waals surface area contributed by atoms with E-state index in [1.165, 1.54) is 17.7 Å². The molecule has 0 radical (unpaired) electrons. The molecule has 0 spiro atoms. The predicted octanol–water partition coefficient (Wildman–Crippen LogP) is 7.00. The second-order valence-corrected chi connectivity index (χ2v) is 8.91. The van der Waals surface area contributed by atoms with E-state index in [0.29, 0.717) is 6.42 Å². The number of likely N-dealkylation sites (N-methyl/N-ethyl adjacent to an activating group) is 1. The van der Waals surface area contributed by atoms with E-state index in [9.17, 15) is 18.4 Å². The van der Waals surface area contributed by atoms with E-state index in [0.717, 1.165) is 75.9 Å². The van der Waals surface area contributed by atoms with Crippen molar-refractivity contribution in [2.75, 3.05) is 19.6 Å². The van der Waals surface area contributed by atoms with Gasteiger partial charge in [-0.25, -0.2) is 0 Å². The lowest BCUT2D eigenvalue weighted by Gasteiger charge is -2.34. The minimum absolute atomic E-state index is 0.212. The van der Waals surface area contributed by atoms with Gasteiger partial charge in [0.25, 0.3) is 0 Å². The third kappa shape index (κ3) is 5.92. The summed E-state index contributed by atoms with van der Waals surface area (Å²) in [6.45, 7) is 4.94. The third-order valence-electron chi connectivity index (χ3n) is 7.03. The first-order chi connectivity index (χ1) is 15.4. The molecule has 3 rings (SSSR count). The molecular weight excluding hydrogens is 409 g/mol. The van der Waals surface area contributed by atoms with Gasteiger partial charge in [-0.05, 0) is 74.4 Å². The minimum Gasteiger partial charge on any atom is -0.303 e. The first kappa shape index (κ1) is 24.3. The summed E-state index contributed by atoms with van der Waals surface area (Å²) >= 11 is 0. The number of rotatable bonds is 10. The summed E-state index contributed by atoms with van der Waals surface area (Å²) in [7, 11) is 0. The molecule has 0 saturated heterocycles. The molecule has 0 amide bonds. The van der Waals surface area contributed by atoms with Crippen LogP contribution in [0.3, 0.4) is 0 Å². The summed E-state index contributed by atoms with van der Waals surface area (Å²) < 4.78 is 39.2. The van der Waals surface area contributed by atoms with Crippen LogP contribution in [0, 0.1) is 17.2 Å². The minimum atomic E-state index is -4.36. The van der Waals surface area contributed by atoms with Gasteiger partial charge in [-0.2, -0.15) is 18.4 Å². The smallest absolute Gasteiger partial charge is 0.303 e. The second kappa shape index (κ2) is 11.0. The fourth-order valence-electron chi connectivity index (χ4n) is 5.11. The lowest BCUT2D eigenvalue weighted by molar-refractivity contribution is -0.137. The summed E-state index contributed by atoms with van der Waals surface area (Å²) in [5.41, 5.74) is 0.692. The third-order valence-corrected chi connectivity index (χ3v) is 7.03. The Labute approximate surface area is 190 Å². The van der Waals surface area contributed by atoms with E-state index in [2.05, 4.69) is 42.2 Å². The van der Waals surface area contributed by atoms with E-state index in [1.807, 2.05) is 6.07 Å². The van der Waals surface area contributed by atoms with Gasteiger partial charge in [0.1, 0.15) is 0 Å². The lowest BCUT2D eigenvalue weighted by atomic mass is 9.67. The van der Waals surface area contributed by atoms with Crippen LogP contribution < -0.4 is 0 Å². The first-order valence-electron chi connectivity index (χ1n) is 11.7. The number of hydrogen-bond acceptors (Lipinski definition) is 2. The van der Waals surface area contributed by atoms with Crippen molar-refractivity contribution in [3.63, 3.8) is 0 Å². The molecule has 0 aliphatic heterocycles. The Bertz CT molecular complexity index is 865. The summed E-state index contributed by atoms with van der Waals surface area (Å²) in [5.74, 6) is 0.212. The van der Waals surface area contributed by atoms with Crippen LogP contribution in [0.2, 0.25) is 0 Å². The molecule has 2 aromatic rings. The van der Waals surface area contributed by atoms with Crippen LogP contribution in [0.1, 0.15) is 62.1 Å². The molecule has 0 heterocycles. The van der Waals surface area contributed by atoms with Crippen LogP contribution in [0.5, 0.6) is 0 Å². The Balaban J connectivity index is 1.69. The van der Waals surface area contributed by atoms with Gasteiger partial charge >= 0.3 is 6.18 Å². The molecule has 0 aromatic heterocycles. The summed E-state index contributed by atoms with van der Waals surface area (Å²) in [6.07, 6.45) is 2.29. The van der Waals surface area contributed by atoms with E-state index in [4.69, 9.17) is 0 Å². The molecule has 1 unspecified atom stereocenters. The summed E-state index contributed by atoms with van der Waals surface area (Å²) in [6, 6.07) is 18.3. The Hall–Kier alpha value is -2.32. The number of alkyl halides is 3. The second-order valence-electron chi connectivity index (χ2n) is 8.91. The van der Waals surface area contributed by atoms with Crippen molar-refractivity contribution in [1.82, 2.24) is 4.90 Å². The molecular formula is C27H33F3N2. The van der Waals surface area contributed by atoms with Gasteiger partial charge in [-0.15, -0.1) is 0 Å². The number of benzene rings is 2. The van der Waals surface area contributed by atoms with Crippen molar-refractivity contribution < 1.29 is 13.2 Å². The molecule has 1 aliphatic rings. The zero-order valence-electron chi connectivity index (χ0n) is 18.9. The SMILES string of the molecule is CCN(CCCC(C#N)(c1ccc(C(F)(F)F)cc1)C1CCCC1)CCc1ccccc1. The molecule has 2 aromatic carbocycles. The fourth-order valence-corrected chi connectivity index (χ4v) is 5.11. The molecule has 1 atom stereocenters. The molecule has 0 N–H and O–H groups in total. The Morgan fingerprint density at radius 1 is 0.938 bits per heavy atom. The van der Waals surface area contributed by atoms with Crippen molar-refractivity contribution in [3.05, 3.63) is 71.3 Å². The molecule has 1 fully saturated rings. The van der Waals surface area contributed by atoms with Crippen LogP contribution in [-0.4, -0.2) is 24.5 Å². The normalized spacial score (nSPS) is 16.8.